The number of Topliss-reactive ketones (excluding diaryl/α,β-unsaturated/α-hetero) is 1. The second-order valence-corrected chi connectivity index (χ2v) is 7.10. The fourth-order valence-electron chi connectivity index (χ4n) is 3.72. The van der Waals surface area contributed by atoms with Crippen molar-refractivity contribution in [2.24, 2.45) is 5.92 Å². The lowest BCUT2D eigenvalue weighted by atomic mass is 9.96. The quantitative estimate of drug-likeness (QED) is 0.687. The maximum absolute atomic E-state index is 13.2. The van der Waals surface area contributed by atoms with Gasteiger partial charge in [0.25, 0.3) is 0 Å². The molecule has 0 spiro atoms. The minimum Gasteiger partial charge on any atom is -0.384 e. The third-order valence-corrected chi connectivity index (χ3v) is 5.24. The molecule has 1 aliphatic rings. The zero-order chi connectivity index (χ0) is 18.5. The van der Waals surface area contributed by atoms with Crippen LogP contribution in [0, 0.1) is 5.92 Å². The minimum atomic E-state index is -0.222. The summed E-state index contributed by atoms with van der Waals surface area (Å²) in [7, 11) is 0. The molecule has 4 rings (SSSR count). The number of carbonyl (C=O) groups is 1. The summed E-state index contributed by atoms with van der Waals surface area (Å²) < 4.78 is 1.77. The summed E-state index contributed by atoms with van der Waals surface area (Å²) in [6.07, 6.45) is 5.78. The molecule has 2 aromatic carbocycles. The number of benzene rings is 2. The third-order valence-electron chi connectivity index (χ3n) is 5.24. The van der Waals surface area contributed by atoms with Gasteiger partial charge in [-0.1, -0.05) is 66.6 Å². The Kier molecular flexibility index (Phi) is 5.28. The number of nitrogens with zero attached hydrogens (tertiary/aromatic N) is 3. The van der Waals surface area contributed by atoms with E-state index < -0.39 is 0 Å². The van der Waals surface area contributed by atoms with Gasteiger partial charge in [-0.05, 0) is 25.0 Å². The summed E-state index contributed by atoms with van der Waals surface area (Å²) in [6.45, 7) is 0.666. The van der Waals surface area contributed by atoms with Gasteiger partial charge in [-0.25, -0.2) is 4.68 Å². The molecule has 0 aliphatic heterocycles. The van der Waals surface area contributed by atoms with Crippen LogP contribution in [0.1, 0.15) is 31.7 Å². The lowest BCUT2D eigenvalue weighted by molar-refractivity contribution is -0.125. The van der Waals surface area contributed by atoms with E-state index in [4.69, 9.17) is 0 Å². The molecule has 27 heavy (non-hydrogen) atoms. The molecule has 0 bridgehead atoms. The van der Waals surface area contributed by atoms with Crippen LogP contribution in [0.2, 0.25) is 0 Å². The molecule has 5 nitrogen and oxygen atoms in total. The van der Waals surface area contributed by atoms with Crippen molar-refractivity contribution in [2.45, 2.75) is 31.7 Å². The summed E-state index contributed by atoms with van der Waals surface area (Å²) in [6, 6.07) is 19.8. The van der Waals surface area contributed by atoms with Crippen LogP contribution in [0.4, 0.5) is 5.69 Å². The second kappa shape index (κ2) is 8.16. The summed E-state index contributed by atoms with van der Waals surface area (Å²) in [5.41, 5.74) is 2.89. The molecule has 0 radical (unpaired) electrons. The number of rotatable bonds is 5. The number of para-hydroxylation sites is 1. The van der Waals surface area contributed by atoms with Gasteiger partial charge in [-0.2, -0.15) is 0 Å². The Hall–Kier alpha value is -2.95. The van der Waals surface area contributed by atoms with Gasteiger partial charge in [0.1, 0.15) is 11.7 Å². The summed E-state index contributed by atoms with van der Waals surface area (Å²) in [5.74, 6) is 0.266. The molecule has 2 atom stereocenters. The van der Waals surface area contributed by atoms with Crippen molar-refractivity contribution in [3.05, 3.63) is 66.9 Å². The van der Waals surface area contributed by atoms with Crippen LogP contribution in [0.3, 0.4) is 0 Å². The smallest absolute Gasteiger partial charge is 0.162 e. The molecule has 3 aromatic rings. The van der Waals surface area contributed by atoms with Crippen molar-refractivity contribution in [1.29, 1.82) is 0 Å². The maximum Gasteiger partial charge on any atom is 0.162 e. The Bertz CT molecular complexity index is 876. The molecule has 138 valence electrons. The van der Waals surface area contributed by atoms with Crippen LogP contribution in [-0.2, 0) is 4.79 Å². The Labute approximate surface area is 159 Å². The normalized spacial score (nSPS) is 20.2. The Morgan fingerprint density at radius 1 is 0.963 bits per heavy atom. The van der Waals surface area contributed by atoms with Gasteiger partial charge in [0.2, 0.25) is 0 Å². The van der Waals surface area contributed by atoms with Crippen molar-refractivity contribution in [1.82, 2.24) is 15.0 Å². The number of nitrogens with one attached hydrogen (secondary N) is 1. The van der Waals surface area contributed by atoms with Gasteiger partial charge in [-0.15, -0.1) is 5.10 Å². The Morgan fingerprint density at radius 2 is 1.67 bits per heavy atom. The lowest BCUT2D eigenvalue weighted by Gasteiger charge is -2.19. The van der Waals surface area contributed by atoms with E-state index in [9.17, 15) is 4.79 Å². The van der Waals surface area contributed by atoms with Crippen molar-refractivity contribution in [2.75, 3.05) is 11.9 Å². The van der Waals surface area contributed by atoms with Crippen molar-refractivity contribution in [3.8, 4) is 11.3 Å². The van der Waals surface area contributed by atoms with Crippen molar-refractivity contribution < 1.29 is 4.79 Å². The van der Waals surface area contributed by atoms with Gasteiger partial charge in [0.05, 0.1) is 6.20 Å². The number of carbonyl (C=O) groups excluding carboxylic acids is 1. The van der Waals surface area contributed by atoms with Gasteiger partial charge in [0, 0.05) is 23.7 Å². The average molecular weight is 360 g/mol. The lowest BCUT2D eigenvalue weighted by Crippen LogP contribution is -2.29. The largest absolute Gasteiger partial charge is 0.384 e. The number of ketones is 1. The van der Waals surface area contributed by atoms with E-state index in [0.29, 0.717) is 6.54 Å². The summed E-state index contributed by atoms with van der Waals surface area (Å²) in [4.78, 5) is 13.2. The Morgan fingerprint density at radius 3 is 2.44 bits per heavy atom. The molecule has 1 fully saturated rings. The van der Waals surface area contributed by atoms with Crippen LogP contribution in [-0.4, -0.2) is 27.3 Å². The standard InChI is InChI=1S/C22H24N4O/c27-22-18(15-23-19-12-5-2-6-13-19)11-7-8-14-21(22)26-16-20(24-25-26)17-9-3-1-4-10-17/h1-6,9-10,12-13,16,18,21,23H,7-8,11,14-15H2/t18-,21?/m0/s1. The molecular weight excluding hydrogens is 336 g/mol. The number of hydrogen-bond donors (Lipinski definition) is 1. The molecule has 0 saturated heterocycles. The van der Waals surface area contributed by atoms with Gasteiger partial charge in [0.15, 0.2) is 5.78 Å². The van der Waals surface area contributed by atoms with E-state index in [2.05, 4.69) is 15.6 Å². The van der Waals surface area contributed by atoms with Crippen LogP contribution in [0.15, 0.2) is 66.9 Å². The van der Waals surface area contributed by atoms with E-state index in [1.54, 1.807) is 4.68 Å². The summed E-state index contributed by atoms with van der Waals surface area (Å²) >= 11 is 0. The first-order chi connectivity index (χ1) is 13.3. The first-order valence-electron chi connectivity index (χ1n) is 9.61. The molecule has 1 N–H and O–H groups in total. The molecule has 1 heterocycles. The van der Waals surface area contributed by atoms with Gasteiger partial charge in [-0.3, -0.25) is 4.79 Å². The van der Waals surface area contributed by atoms with Crippen LogP contribution in [0.25, 0.3) is 11.3 Å². The van der Waals surface area contributed by atoms with Crippen LogP contribution < -0.4 is 5.32 Å². The van der Waals surface area contributed by atoms with E-state index in [-0.39, 0.29) is 17.7 Å². The highest BCUT2D eigenvalue weighted by Crippen LogP contribution is 2.29. The van der Waals surface area contributed by atoms with Crippen LogP contribution >= 0.6 is 0 Å². The van der Waals surface area contributed by atoms with E-state index in [0.717, 1.165) is 42.6 Å². The SMILES string of the molecule is O=C1C(n2cc(-c3ccccc3)nn2)CCCC[C@H]1CNc1ccccc1. The first kappa shape index (κ1) is 17.5. The average Bonchev–Trinajstić information content (AvgIpc) is 3.13. The third kappa shape index (κ3) is 4.08. The van der Waals surface area contributed by atoms with Gasteiger partial charge < -0.3 is 5.32 Å². The minimum absolute atomic E-state index is 0.00193. The predicted octanol–water partition coefficient (Wildman–Crippen LogP) is 4.36. The van der Waals surface area contributed by atoms with Crippen molar-refractivity contribution >= 4 is 11.5 Å². The second-order valence-electron chi connectivity index (χ2n) is 7.10. The van der Waals surface area contributed by atoms with Crippen molar-refractivity contribution in [3.63, 3.8) is 0 Å². The molecule has 1 aromatic heterocycles. The van der Waals surface area contributed by atoms with Crippen LogP contribution in [0.5, 0.6) is 0 Å². The molecule has 1 saturated carbocycles. The fraction of sp³-hybridized carbons (Fsp3) is 0.318. The zero-order valence-corrected chi connectivity index (χ0v) is 15.3. The van der Waals surface area contributed by atoms with E-state index in [1.807, 2.05) is 66.9 Å². The first-order valence-corrected chi connectivity index (χ1v) is 9.61. The molecular formula is C22H24N4O. The highest BCUT2D eigenvalue weighted by atomic mass is 16.1. The zero-order valence-electron chi connectivity index (χ0n) is 15.3. The number of anilines is 1. The molecule has 0 amide bonds. The predicted molar refractivity (Wildman–Crippen MR) is 106 cm³/mol. The highest BCUT2D eigenvalue weighted by molar-refractivity contribution is 5.85. The van der Waals surface area contributed by atoms with E-state index >= 15 is 0 Å². The summed E-state index contributed by atoms with van der Waals surface area (Å²) in [5, 5.41) is 12.0. The molecule has 1 aliphatic carbocycles. The van der Waals surface area contributed by atoms with Gasteiger partial charge >= 0.3 is 0 Å². The van der Waals surface area contributed by atoms with E-state index in [1.165, 1.54) is 0 Å². The molecule has 1 unspecified atom stereocenters. The highest BCUT2D eigenvalue weighted by Gasteiger charge is 2.31. The monoisotopic (exact) mass is 360 g/mol. The number of hydrogen-bond acceptors (Lipinski definition) is 4. The fourth-order valence-corrected chi connectivity index (χ4v) is 3.72. The Balaban J connectivity index is 1.49. The number of aromatic nitrogens is 3. The maximum atomic E-state index is 13.2. The molecule has 5 heteroatoms. The topological polar surface area (TPSA) is 59.8 Å².